The topological polar surface area (TPSA) is 38.1 Å². The fraction of sp³-hybridized carbons (Fsp3) is 0.500. The molecule has 0 bridgehead atoms. The Morgan fingerprint density at radius 2 is 1.84 bits per heavy atom. The molecule has 1 amide bonds. The number of fused-ring (bicyclic) bond motifs is 1. The van der Waals surface area contributed by atoms with Crippen LogP contribution in [-0.4, -0.2) is 33.2 Å². The van der Waals surface area contributed by atoms with E-state index in [9.17, 15) is 4.79 Å². The van der Waals surface area contributed by atoms with Gasteiger partial charge in [0.25, 0.3) is 5.91 Å². The molecule has 132 valence electrons. The molecule has 1 aromatic carbocycles. The van der Waals surface area contributed by atoms with Gasteiger partial charge in [-0.1, -0.05) is 36.6 Å². The first kappa shape index (κ1) is 16.6. The van der Waals surface area contributed by atoms with Gasteiger partial charge in [0.15, 0.2) is 0 Å². The number of carbonyl (C=O) groups is 1. The maximum absolute atomic E-state index is 13.4. The first-order valence-corrected chi connectivity index (χ1v) is 9.62. The number of hydrogen-bond acceptors (Lipinski definition) is 2. The van der Waals surface area contributed by atoms with Crippen molar-refractivity contribution in [2.45, 2.75) is 44.6 Å². The molecular formula is C20H24ClN3O. The van der Waals surface area contributed by atoms with E-state index in [1.54, 1.807) is 10.9 Å². The Labute approximate surface area is 153 Å². The van der Waals surface area contributed by atoms with Crippen molar-refractivity contribution in [3.63, 3.8) is 0 Å². The summed E-state index contributed by atoms with van der Waals surface area (Å²) in [7, 11) is 1.89. The number of likely N-dealkylation sites (tertiary alicyclic amines) is 1. The molecule has 1 aliphatic carbocycles. The summed E-state index contributed by atoms with van der Waals surface area (Å²) < 4.78 is 1.79. The molecule has 0 N–H and O–H groups in total. The number of carbonyl (C=O) groups excluding carboxylic acids is 1. The summed E-state index contributed by atoms with van der Waals surface area (Å²) in [4.78, 5) is 15.5. The molecule has 0 radical (unpaired) electrons. The van der Waals surface area contributed by atoms with Crippen LogP contribution in [0.25, 0.3) is 11.3 Å². The number of benzene rings is 1. The van der Waals surface area contributed by atoms with Crippen LogP contribution in [0.5, 0.6) is 0 Å². The van der Waals surface area contributed by atoms with Gasteiger partial charge in [-0.15, -0.1) is 0 Å². The summed E-state index contributed by atoms with van der Waals surface area (Å²) in [5.74, 6) is 0.816. The molecule has 2 aliphatic rings. The minimum absolute atomic E-state index is 0.134. The van der Waals surface area contributed by atoms with Gasteiger partial charge in [-0.25, -0.2) is 0 Å². The van der Waals surface area contributed by atoms with Gasteiger partial charge in [0, 0.05) is 30.2 Å². The average molecular weight is 358 g/mol. The van der Waals surface area contributed by atoms with Crippen LogP contribution in [0.4, 0.5) is 0 Å². The zero-order valence-corrected chi connectivity index (χ0v) is 15.4. The Hall–Kier alpha value is -1.81. The molecule has 1 saturated heterocycles. The van der Waals surface area contributed by atoms with E-state index in [4.69, 9.17) is 11.6 Å². The summed E-state index contributed by atoms with van der Waals surface area (Å²) in [6, 6.07) is 8.03. The third kappa shape index (κ3) is 3.08. The van der Waals surface area contributed by atoms with Gasteiger partial charge in [-0.3, -0.25) is 9.48 Å². The number of hydrogen-bond donors (Lipinski definition) is 0. The summed E-state index contributed by atoms with van der Waals surface area (Å²) in [5, 5.41) is 5.07. The predicted molar refractivity (Wildman–Crippen MR) is 99.7 cm³/mol. The molecule has 0 spiro atoms. The highest BCUT2D eigenvalue weighted by Crippen LogP contribution is 2.37. The van der Waals surface area contributed by atoms with Crippen LogP contribution >= 0.6 is 11.6 Å². The Bertz CT molecular complexity index is 766. The minimum Gasteiger partial charge on any atom is -0.335 e. The molecule has 1 aromatic heterocycles. The average Bonchev–Trinajstić information content (AvgIpc) is 3.03. The second-order valence-corrected chi connectivity index (χ2v) is 7.73. The molecular weight excluding hydrogens is 334 g/mol. The molecule has 2 unspecified atom stereocenters. The van der Waals surface area contributed by atoms with Gasteiger partial charge in [0.2, 0.25) is 0 Å². The van der Waals surface area contributed by atoms with Crippen molar-refractivity contribution in [3.8, 4) is 11.3 Å². The Balaban J connectivity index is 1.67. The van der Waals surface area contributed by atoms with Crippen molar-refractivity contribution in [1.82, 2.24) is 14.7 Å². The second-order valence-electron chi connectivity index (χ2n) is 7.29. The third-order valence-electron chi connectivity index (χ3n) is 5.79. The van der Waals surface area contributed by atoms with Crippen LogP contribution < -0.4 is 0 Å². The molecule has 1 saturated carbocycles. The molecule has 2 fully saturated rings. The molecule has 5 heteroatoms. The minimum atomic E-state index is 0.134. The van der Waals surface area contributed by atoms with Crippen LogP contribution in [0.2, 0.25) is 5.02 Å². The molecule has 4 nitrogen and oxygen atoms in total. The van der Waals surface area contributed by atoms with Crippen molar-refractivity contribution < 1.29 is 4.79 Å². The van der Waals surface area contributed by atoms with E-state index in [-0.39, 0.29) is 5.91 Å². The number of piperidine rings is 1. The van der Waals surface area contributed by atoms with Gasteiger partial charge in [0.05, 0.1) is 17.5 Å². The SMILES string of the molecule is Cn1ncc(C(=O)N2CCCC3CCCCC32)c1-c1ccc(Cl)cc1. The molecule has 25 heavy (non-hydrogen) atoms. The zero-order valence-electron chi connectivity index (χ0n) is 14.6. The lowest BCUT2D eigenvalue weighted by molar-refractivity contribution is 0.0391. The van der Waals surface area contributed by atoms with E-state index < -0.39 is 0 Å². The third-order valence-corrected chi connectivity index (χ3v) is 6.04. The number of aromatic nitrogens is 2. The second kappa shape index (κ2) is 6.83. The summed E-state index contributed by atoms with van der Waals surface area (Å²) in [5.41, 5.74) is 2.56. The lowest BCUT2D eigenvalue weighted by Crippen LogP contribution is -2.49. The van der Waals surface area contributed by atoms with Crippen molar-refractivity contribution in [2.24, 2.45) is 13.0 Å². The van der Waals surface area contributed by atoms with Gasteiger partial charge in [-0.05, 0) is 43.7 Å². The highest BCUT2D eigenvalue weighted by molar-refractivity contribution is 6.30. The summed E-state index contributed by atoms with van der Waals surface area (Å²) >= 11 is 6.02. The number of aryl methyl sites for hydroxylation is 1. The largest absolute Gasteiger partial charge is 0.335 e. The Kier molecular flexibility index (Phi) is 4.55. The highest BCUT2D eigenvalue weighted by Gasteiger charge is 2.37. The predicted octanol–water partition coefficient (Wildman–Crippen LogP) is 4.54. The fourth-order valence-electron chi connectivity index (χ4n) is 4.58. The fourth-order valence-corrected chi connectivity index (χ4v) is 4.70. The Morgan fingerprint density at radius 1 is 1.12 bits per heavy atom. The summed E-state index contributed by atoms with van der Waals surface area (Å²) in [6.45, 7) is 0.870. The highest BCUT2D eigenvalue weighted by atomic mass is 35.5. The van der Waals surface area contributed by atoms with Crippen LogP contribution in [-0.2, 0) is 7.05 Å². The molecule has 2 atom stereocenters. The van der Waals surface area contributed by atoms with Crippen LogP contribution in [0, 0.1) is 5.92 Å². The molecule has 1 aliphatic heterocycles. The Morgan fingerprint density at radius 3 is 2.64 bits per heavy atom. The molecule has 2 heterocycles. The first-order valence-electron chi connectivity index (χ1n) is 9.24. The van der Waals surface area contributed by atoms with Gasteiger partial charge >= 0.3 is 0 Å². The van der Waals surface area contributed by atoms with E-state index in [2.05, 4.69) is 10.00 Å². The van der Waals surface area contributed by atoms with Crippen LogP contribution in [0.3, 0.4) is 0 Å². The van der Waals surface area contributed by atoms with Crippen molar-refractivity contribution >= 4 is 17.5 Å². The summed E-state index contributed by atoms with van der Waals surface area (Å²) in [6.07, 6.45) is 9.07. The first-order chi connectivity index (χ1) is 12.1. The van der Waals surface area contributed by atoms with E-state index in [1.165, 1.54) is 25.7 Å². The normalized spacial score (nSPS) is 23.4. The number of rotatable bonds is 2. The number of nitrogens with zero attached hydrogens (tertiary/aromatic N) is 3. The van der Waals surface area contributed by atoms with E-state index in [1.807, 2.05) is 31.3 Å². The quantitative estimate of drug-likeness (QED) is 0.791. The lowest BCUT2D eigenvalue weighted by Gasteiger charge is -2.44. The van der Waals surface area contributed by atoms with E-state index in [0.29, 0.717) is 22.5 Å². The standard InChI is InChI=1S/C20H24ClN3O/c1-23-19(15-8-10-16(21)11-9-15)17(13-22-23)20(25)24-12-4-6-14-5-2-3-7-18(14)24/h8-11,13-14,18H,2-7,12H2,1H3. The van der Waals surface area contributed by atoms with Gasteiger partial charge < -0.3 is 4.90 Å². The van der Waals surface area contributed by atoms with Crippen molar-refractivity contribution in [1.29, 1.82) is 0 Å². The zero-order chi connectivity index (χ0) is 17.4. The van der Waals surface area contributed by atoms with Crippen LogP contribution in [0.1, 0.15) is 48.9 Å². The van der Waals surface area contributed by atoms with Gasteiger partial charge in [0.1, 0.15) is 0 Å². The number of halogens is 1. The molecule has 2 aromatic rings. The smallest absolute Gasteiger partial charge is 0.257 e. The van der Waals surface area contributed by atoms with Crippen molar-refractivity contribution in [2.75, 3.05) is 6.54 Å². The number of amides is 1. The van der Waals surface area contributed by atoms with Crippen molar-refractivity contribution in [3.05, 3.63) is 41.0 Å². The van der Waals surface area contributed by atoms with E-state index >= 15 is 0 Å². The maximum Gasteiger partial charge on any atom is 0.257 e. The maximum atomic E-state index is 13.4. The van der Waals surface area contributed by atoms with Crippen LogP contribution in [0.15, 0.2) is 30.5 Å². The van der Waals surface area contributed by atoms with Gasteiger partial charge in [-0.2, -0.15) is 5.10 Å². The monoisotopic (exact) mass is 357 g/mol. The molecule has 4 rings (SSSR count). The lowest BCUT2D eigenvalue weighted by atomic mass is 9.78. The van der Waals surface area contributed by atoms with E-state index in [0.717, 1.165) is 30.6 Å².